The van der Waals surface area contributed by atoms with E-state index in [1.54, 1.807) is 31.5 Å². The van der Waals surface area contributed by atoms with Crippen LogP contribution in [0.25, 0.3) is 0 Å². The van der Waals surface area contributed by atoms with Crippen molar-refractivity contribution in [3.05, 3.63) is 36.5 Å². The molecule has 35 heavy (non-hydrogen) atoms. The molecule has 2 fully saturated rings. The predicted molar refractivity (Wildman–Crippen MR) is 129 cm³/mol. The molecule has 12 heteroatoms. The molecule has 1 aromatic heterocycles. The first-order chi connectivity index (χ1) is 16.8. The fourth-order valence-corrected chi connectivity index (χ4v) is 5.20. The molecule has 2 aromatic rings. The van der Waals surface area contributed by atoms with Crippen LogP contribution in [0.15, 0.2) is 41.4 Å². The zero-order valence-electron chi connectivity index (χ0n) is 20.0. The Bertz CT molecular complexity index is 1090. The molecule has 2 saturated heterocycles. The third kappa shape index (κ3) is 6.39. The largest absolute Gasteiger partial charge is 0.491 e. The number of aliphatic hydroxyl groups is 1. The fraction of sp³-hybridized carbons (Fsp3) is 0.565. The lowest BCUT2D eigenvalue weighted by molar-refractivity contribution is -0.0152. The lowest BCUT2D eigenvalue weighted by atomic mass is 9.87. The zero-order valence-corrected chi connectivity index (χ0v) is 20.8. The molecule has 0 aliphatic carbocycles. The number of rotatable bonds is 10. The van der Waals surface area contributed by atoms with Crippen LogP contribution in [0, 0.1) is 0 Å². The molecule has 1 spiro atoms. The van der Waals surface area contributed by atoms with E-state index in [-0.39, 0.29) is 23.1 Å². The minimum atomic E-state index is -3.55. The van der Waals surface area contributed by atoms with Crippen LogP contribution in [-0.2, 0) is 14.8 Å². The number of aromatic nitrogens is 2. The predicted octanol–water partition coefficient (Wildman–Crippen LogP) is 0.551. The van der Waals surface area contributed by atoms with Gasteiger partial charge in [-0.1, -0.05) is 6.07 Å². The number of hydrogen-bond donors (Lipinski definition) is 3. The number of piperidine rings is 1. The van der Waals surface area contributed by atoms with Gasteiger partial charge < -0.3 is 29.5 Å². The van der Waals surface area contributed by atoms with Crippen LogP contribution in [0.4, 0.5) is 5.95 Å². The molecule has 0 saturated carbocycles. The van der Waals surface area contributed by atoms with Crippen molar-refractivity contribution in [3.8, 4) is 11.6 Å². The van der Waals surface area contributed by atoms with Gasteiger partial charge in [0.15, 0.2) is 0 Å². The molecular weight excluding hydrogens is 474 g/mol. The second kappa shape index (κ2) is 11.0. The highest BCUT2D eigenvalue weighted by Gasteiger charge is 2.43. The molecule has 192 valence electrons. The Morgan fingerprint density at radius 2 is 2.11 bits per heavy atom. The Hall–Kier alpha value is -2.51. The van der Waals surface area contributed by atoms with Gasteiger partial charge in [-0.2, -0.15) is 4.98 Å². The van der Waals surface area contributed by atoms with Crippen LogP contribution in [-0.4, -0.2) is 88.2 Å². The summed E-state index contributed by atoms with van der Waals surface area (Å²) in [5.74, 6) is 1.61. The van der Waals surface area contributed by atoms with Gasteiger partial charge in [0.05, 0.1) is 24.2 Å². The van der Waals surface area contributed by atoms with E-state index < -0.39 is 16.1 Å². The van der Waals surface area contributed by atoms with Gasteiger partial charge in [0.1, 0.15) is 18.5 Å². The molecule has 1 aromatic carbocycles. The minimum absolute atomic E-state index is 0.0459. The standard InChI is InChI=1S/C23H33N5O6S/c1-24-35(30,31)20-5-3-4-19(12-20)33-16-18(29)14-26-17-13-23(34-15-17)7-10-28(11-8-23)22-25-9-6-21(27-22)32-2/h3-6,9,12,17-18,24,26,29H,7-8,10-11,13-16H2,1-2H3/t17-,18+/m1/s1. The summed E-state index contributed by atoms with van der Waals surface area (Å²) in [5, 5.41) is 13.7. The molecule has 0 radical (unpaired) electrons. The van der Waals surface area contributed by atoms with E-state index in [4.69, 9.17) is 14.2 Å². The molecule has 3 N–H and O–H groups in total. The summed E-state index contributed by atoms with van der Waals surface area (Å²) >= 11 is 0. The van der Waals surface area contributed by atoms with Gasteiger partial charge in [0, 0.05) is 44.0 Å². The highest BCUT2D eigenvalue weighted by atomic mass is 32.2. The van der Waals surface area contributed by atoms with Crippen LogP contribution >= 0.6 is 0 Å². The Morgan fingerprint density at radius 1 is 1.31 bits per heavy atom. The molecule has 4 rings (SSSR count). The molecule has 2 atom stereocenters. The Kier molecular flexibility index (Phi) is 8.07. The maximum atomic E-state index is 11.9. The van der Waals surface area contributed by atoms with Gasteiger partial charge in [-0.25, -0.2) is 18.1 Å². The molecule has 2 aliphatic heterocycles. The van der Waals surface area contributed by atoms with Crippen molar-refractivity contribution in [2.75, 3.05) is 51.9 Å². The lowest BCUT2D eigenvalue weighted by Crippen LogP contribution is -2.45. The fourth-order valence-electron chi connectivity index (χ4n) is 4.44. The topological polar surface area (TPSA) is 135 Å². The quantitative estimate of drug-likeness (QED) is 0.418. The van der Waals surface area contributed by atoms with Gasteiger partial charge in [-0.15, -0.1) is 0 Å². The summed E-state index contributed by atoms with van der Waals surface area (Å²) < 4.78 is 43.2. The van der Waals surface area contributed by atoms with E-state index in [9.17, 15) is 13.5 Å². The first-order valence-corrected chi connectivity index (χ1v) is 13.1. The van der Waals surface area contributed by atoms with E-state index in [1.807, 2.05) is 0 Å². The first-order valence-electron chi connectivity index (χ1n) is 11.7. The van der Waals surface area contributed by atoms with Gasteiger partial charge in [0.25, 0.3) is 0 Å². The van der Waals surface area contributed by atoms with Crippen molar-refractivity contribution in [3.63, 3.8) is 0 Å². The summed E-state index contributed by atoms with van der Waals surface area (Å²) in [6.07, 6.45) is 3.58. The van der Waals surface area contributed by atoms with Gasteiger partial charge >= 0.3 is 0 Å². The Labute approximate surface area is 205 Å². The SMILES string of the molecule is CNS(=O)(=O)c1cccc(OC[C@@H](O)CN[C@H]2COC3(CCN(c4nccc(OC)n4)CC3)C2)c1. The third-order valence-corrected chi connectivity index (χ3v) is 7.87. The van der Waals surface area contributed by atoms with E-state index in [0.29, 0.717) is 30.7 Å². The second-order valence-electron chi connectivity index (χ2n) is 8.84. The third-order valence-electron chi connectivity index (χ3n) is 6.46. The van der Waals surface area contributed by atoms with E-state index >= 15 is 0 Å². The van der Waals surface area contributed by atoms with Crippen molar-refractivity contribution in [2.45, 2.75) is 41.9 Å². The molecule has 11 nitrogen and oxygen atoms in total. The van der Waals surface area contributed by atoms with Crippen LogP contribution in [0.5, 0.6) is 11.6 Å². The summed E-state index contributed by atoms with van der Waals surface area (Å²) in [7, 11) is -0.604. The average Bonchev–Trinajstić information content (AvgIpc) is 3.29. The summed E-state index contributed by atoms with van der Waals surface area (Å²) in [5.41, 5.74) is -0.173. The maximum Gasteiger partial charge on any atom is 0.240 e. The highest BCUT2D eigenvalue weighted by Crippen LogP contribution is 2.36. The first kappa shape index (κ1) is 25.6. The molecular formula is C23H33N5O6S. The van der Waals surface area contributed by atoms with Gasteiger partial charge in [-0.05, 0) is 38.4 Å². The summed E-state index contributed by atoms with van der Waals surface area (Å²) in [4.78, 5) is 11.0. The molecule has 0 amide bonds. The second-order valence-corrected chi connectivity index (χ2v) is 10.7. The number of methoxy groups -OCH3 is 1. The number of anilines is 1. The van der Waals surface area contributed by atoms with Crippen molar-refractivity contribution < 1.29 is 27.7 Å². The number of hydrogen-bond acceptors (Lipinski definition) is 10. The van der Waals surface area contributed by atoms with Crippen LogP contribution in [0.2, 0.25) is 0 Å². The van der Waals surface area contributed by atoms with Gasteiger partial charge in [0.2, 0.25) is 21.9 Å². The zero-order chi connectivity index (χ0) is 24.9. The Morgan fingerprint density at radius 3 is 2.86 bits per heavy atom. The molecule has 3 heterocycles. The molecule has 0 bridgehead atoms. The van der Waals surface area contributed by atoms with Crippen LogP contribution in [0.3, 0.4) is 0 Å². The smallest absolute Gasteiger partial charge is 0.240 e. The van der Waals surface area contributed by atoms with Crippen molar-refractivity contribution in [1.29, 1.82) is 0 Å². The highest BCUT2D eigenvalue weighted by molar-refractivity contribution is 7.89. The normalized spacial score (nSPS) is 20.7. The van der Waals surface area contributed by atoms with E-state index in [0.717, 1.165) is 32.4 Å². The van der Waals surface area contributed by atoms with Crippen molar-refractivity contribution in [1.82, 2.24) is 20.0 Å². The lowest BCUT2D eigenvalue weighted by Gasteiger charge is -2.38. The molecule has 2 aliphatic rings. The van der Waals surface area contributed by atoms with Crippen LogP contribution in [0.1, 0.15) is 19.3 Å². The minimum Gasteiger partial charge on any atom is -0.491 e. The number of sulfonamides is 1. The summed E-state index contributed by atoms with van der Waals surface area (Å²) in [6, 6.07) is 8.06. The number of nitrogens with one attached hydrogen (secondary N) is 2. The number of nitrogens with zero attached hydrogens (tertiary/aromatic N) is 3. The van der Waals surface area contributed by atoms with E-state index in [2.05, 4.69) is 24.9 Å². The van der Waals surface area contributed by atoms with Crippen LogP contribution < -0.4 is 24.4 Å². The van der Waals surface area contributed by atoms with Gasteiger partial charge in [-0.3, -0.25) is 0 Å². The van der Waals surface area contributed by atoms with E-state index in [1.165, 1.54) is 19.2 Å². The average molecular weight is 508 g/mol. The Balaban J connectivity index is 1.20. The monoisotopic (exact) mass is 507 g/mol. The number of benzene rings is 1. The number of aliphatic hydroxyl groups excluding tert-OH is 1. The summed E-state index contributed by atoms with van der Waals surface area (Å²) in [6.45, 7) is 2.59. The maximum absolute atomic E-state index is 11.9. The molecule has 0 unspecified atom stereocenters. The van der Waals surface area contributed by atoms with Crippen molar-refractivity contribution >= 4 is 16.0 Å². The number of ether oxygens (including phenoxy) is 3. The van der Waals surface area contributed by atoms with Crippen molar-refractivity contribution in [2.24, 2.45) is 0 Å².